The molecule has 0 rings (SSSR count). The molecule has 0 bridgehead atoms. The zero-order chi connectivity index (χ0) is 13.7. The molecule has 100 valence electrons. The first-order valence-electron chi connectivity index (χ1n) is 6.06. The van der Waals surface area contributed by atoms with Gasteiger partial charge in [0.05, 0.1) is 17.8 Å². The number of carbonyl (C=O) groups is 1. The topological polar surface area (TPSA) is 35.5 Å². The summed E-state index contributed by atoms with van der Waals surface area (Å²) in [5.74, 6) is 0.644. The SMILES string of the molecule is C=C(CCCOC(=O)C(C)(C)C)O[Si](C)(C)C. The summed E-state index contributed by atoms with van der Waals surface area (Å²) in [5, 5.41) is 0. The van der Waals surface area contributed by atoms with E-state index < -0.39 is 13.7 Å². The lowest BCUT2D eigenvalue weighted by Gasteiger charge is -2.21. The number of allylic oxidation sites excluding steroid dienone is 1. The molecule has 0 heterocycles. The minimum Gasteiger partial charge on any atom is -0.548 e. The van der Waals surface area contributed by atoms with Gasteiger partial charge in [-0.2, -0.15) is 0 Å². The van der Waals surface area contributed by atoms with Crippen molar-refractivity contribution in [2.75, 3.05) is 6.61 Å². The van der Waals surface area contributed by atoms with Crippen molar-refractivity contribution in [1.82, 2.24) is 0 Å². The number of ether oxygens (including phenoxy) is 1. The normalized spacial score (nSPS) is 12.1. The molecule has 0 aromatic carbocycles. The first-order valence-corrected chi connectivity index (χ1v) is 9.47. The molecular weight excluding hydrogens is 232 g/mol. The molecule has 0 aliphatic heterocycles. The number of carbonyl (C=O) groups excluding carboxylic acids is 1. The lowest BCUT2D eigenvalue weighted by Crippen LogP contribution is -2.25. The van der Waals surface area contributed by atoms with Gasteiger partial charge in [-0.15, -0.1) is 0 Å². The first kappa shape index (κ1) is 16.2. The molecule has 0 aliphatic rings. The fourth-order valence-electron chi connectivity index (χ4n) is 1.13. The van der Waals surface area contributed by atoms with Gasteiger partial charge in [0.15, 0.2) is 0 Å². The summed E-state index contributed by atoms with van der Waals surface area (Å²) in [5.41, 5.74) is -0.425. The van der Waals surface area contributed by atoms with Gasteiger partial charge in [-0.25, -0.2) is 0 Å². The van der Waals surface area contributed by atoms with E-state index in [9.17, 15) is 4.79 Å². The highest BCUT2D eigenvalue weighted by Crippen LogP contribution is 2.16. The van der Waals surface area contributed by atoms with Crippen molar-refractivity contribution in [3.05, 3.63) is 12.3 Å². The largest absolute Gasteiger partial charge is 0.548 e. The molecule has 0 unspecified atom stereocenters. The lowest BCUT2D eigenvalue weighted by atomic mass is 9.97. The Morgan fingerprint density at radius 1 is 1.24 bits per heavy atom. The van der Waals surface area contributed by atoms with Crippen LogP contribution in [0.5, 0.6) is 0 Å². The Morgan fingerprint density at radius 3 is 2.18 bits per heavy atom. The zero-order valence-corrected chi connectivity index (χ0v) is 13.1. The number of esters is 1. The zero-order valence-electron chi connectivity index (χ0n) is 12.1. The standard InChI is InChI=1S/C13H26O3Si/c1-11(16-17(5,6)7)9-8-10-15-12(14)13(2,3)4/h1,8-10H2,2-7H3. The highest BCUT2D eigenvalue weighted by molar-refractivity contribution is 6.70. The molecule has 0 saturated heterocycles. The maximum atomic E-state index is 11.5. The van der Waals surface area contributed by atoms with Crippen LogP contribution in [0, 0.1) is 5.41 Å². The van der Waals surface area contributed by atoms with Gasteiger partial charge >= 0.3 is 5.97 Å². The van der Waals surface area contributed by atoms with E-state index in [1.807, 2.05) is 20.8 Å². The Labute approximate surface area is 106 Å². The van der Waals surface area contributed by atoms with Gasteiger partial charge < -0.3 is 9.16 Å². The van der Waals surface area contributed by atoms with Crippen LogP contribution in [-0.2, 0) is 14.0 Å². The summed E-state index contributed by atoms with van der Waals surface area (Å²) in [6, 6.07) is 0. The highest BCUT2D eigenvalue weighted by Gasteiger charge is 2.22. The van der Waals surface area contributed by atoms with E-state index in [2.05, 4.69) is 26.2 Å². The lowest BCUT2D eigenvalue weighted by molar-refractivity contribution is -0.153. The molecule has 0 aromatic rings. The minimum absolute atomic E-state index is 0.158. The van der Waals surface area contributed by atoms with Crippen molar-refractivity contribution in [2.45, 2.75) is 53.3 Å². The fraction of sp³-hybridized carbons (Fsp3) is 0.769. The third kappa shape index (κ3) is 8.98. The van der Waals surface area contributed by atoms with Crippen molar-refractivity contribution in [3.63, 3.8) is 0 Å². The summed E-state index contributed by atoms with van der Waals surface area (Å²) in [6.45, 7) is 16.2. The van der Waals surface area contributed by atoms with Crippen LogP contribution in [-0.4, -0.2) is 20.9 Å². The van der Waals surface area contributed by atoms with E-state index in [1.54, 1.807) is 0 Å². The van der Waals surface area contributed by atoms with Crippen LogP contribution < -0.4 is 0 Å². The molecule has 0 N–H and O–H groups in total. The molecule has 0 amide bonds. The molecular formula is C13H26O3Si. The van der Waals surface area contributed by atoms with Crippen LogP contribution in [0.1, 0.15) is 33.6 Å². The second-order valence-electron chi connectivity index (χ2n) is 6.24. The van der Waals surface area contributed by atoms with Gasteiger partial charge in [0.25, 0.3) is 0 Å². The van der Waals surface area contributed by atoms with E-state index in [1.165, 1.54) is 0 Å². The molecule has 0 aromatic heterocycles. The first-order chi connectivity index (χ1) is 7.52. The smallest absolute Gasteiger partial charge is 0.311 e. The molecule has 0 radical (unpaired) electrons. The number of hydrogen-bond acceptors (Lipinski definition) is 3. The number of rotatable bonds is 6. The average Bonchev–Trinajstić information content (AvgIpc) is 2.07. The minimum atomic E-state index is -1.54. The summed E-state index contributed by atoms with van der Waals surface area (Å²) >= 11 is 0. The monoisotopic (exact) mass is 258 g/mol. The van der Waals surface area contributed by atoms with Gasteiger partial charge in [-0.1, -0.05) is 6.58 Å². The van der Waals surface area contributed by atoms with Crippen LogP contribution in [0.25, 0.3) is 0 Å². The molecule has 3 nitrogen and oxygen atoms in total. The van der Waals surface area contributed by atoms with Gasteiger partial charge in [-0.3, -0.25) is 4.79 Å². The Hall–Kier alpha value is -0.773. The van der Waals surface area contributed by atoms with Gasteiger partial charge in [0, 0.05) is 6.42 Å². The summed E-state index contributed by atoms with van der Waals surface area (Å²) in [6.07, 6.45) is 1.52. The van der Waals surface area contributed by atoms with E-state index in [4.69, 9.17) is 9.16 Å². The van der Waals surface area contributed by atoms with Crippen molar-refractivity contribution >= 4 is 14.3 Å². The maximum Gasteiger partial charge on any atom is 0.311 e. The number of hydrogen-bond donors (Lipinski definition) is 0. The van der Waals surface area contributed by atoms with Crippen molar-refractivity contribution < 1.29 is 14.0 Å². The molecule has 0 atom stereocenters. The van der Waals surface area contributed by atoms with E-state index in [0.717, 1.165) is 18.6 Å². The van der Waals surface area contributed by atoms with Crippen LogP contribution in [0.3, 0.4) is 0 Å². The molecule has 0 spiro atoms. The van der Waals surface area contributed by atoms with E-state index in [0.29, 0.717) is 6.61 Å². The van der Waals surface area contributed by atoms with Crippen LogP contribution >= 0.6 is 0 Å². The average molecular weight is 258 g/mol. The summed E-state index contributed by atoms with van der Waals surface area (Å²) < 4.78 is 10.9. The predicted molar refractivity (Wildman–Crippen MR) is 73.2 cm³/mol. The quantitative estimate of drug-likeness (QED) is 0.315. The third-order valence-electron chi connectivity index (χ3n) is 1.90. The maximum absolute atomic E-state index is 11.5. The Kier molecular flexibility index (Phi) is 5.95. The van der Waals surface area contributed by atoms with Crippen LogP contribution in [0.15, 0.2) is 12.3 Å². The van der Waals surface area contributed by atoms with Crippen molar-refractivity contribution in [3.8, 4) is 0 Å². The van der Waals surface area contributed by atoms with E-state index >= 15 is 0 Å². The summed E-state index contributed by atoms with van der Waals surface area (Å²) in [7, 11) is -1.54. The molecule has 17 heavy (non-hydrogen) atoms. The Morgan fingerprint density at radius 2 is 1.76 bits per heavy atom. The van der Waals surface area contributed by atoms with Crippen LogP contribution in [0.2, 0.25) is 19.6 Å². The van der Waals surface area contributed by atoms with Gasteiger partial charge in [-0.05, 0) is 46.8 Å². The van der Waals surface area contributed by atoms with Crippen molar-refractivity contribution in [1.29, 1.82) is 0 Å². The van der Waals surface area contributed by atoms with Gasteiger partial charge in [0.1, 0.15) is 0 Å². The van der Waals surface area contributed by atoms with Gasteiger partial charge in [0.2, 0.25) is 8.32 Å². The van der Waals surface area contributed by atoms with E-state index in [-0.39, 0.29) is 5.97 Å². The Balaban J connectivity index is 3.73. The molecule has 0 aliphatic carbocycles. The fourth-order valence-corrected chi connectivity index (χ4v) is 2.10. The second-order valence-corrected chi connectivity index (χ2v) is 10.7. The predicted octanol–water partition coefficient (Wildman–Crippen LogP) is 3.72. The Bertz CT molecular complexity index is 271. The van der Waals surface area contributed by atoms with Crippen LogP contribution in [0.4, 0.5) is 0 Å². The molecule has 0 fully saturated rings. The van der Waals surface area contributed by atoms with Crippen molar-refractivity contribution in [2.24, 2.45) is 5.41 Å². The second kappa shape index (κ2) is 6.24. The summed E-state index contributed by atoms with van der Waals surface area (Å²) in [4.78, 5) is 11.5. The highest BCUT2D eigenvalue weighted by atomic mass is 28.4. The molecule has 4 heteroatoms. The third-order valence-corrected chi connectivity index (χ3v) is 2.80. The molecule has 0 saturated carbocycles.